The number of hydrogen-bond donors (Lipinski definition) is 1. The Balaban J connectivity index is 1.58. The van der Waals surface area contributed by atoms with Crippen LogP contribution in [0.1, 0.15) is 22.8 Å². The maximum Gasteiger partial charge on any atom is 0.106 e. The van der Waals surface area contributed by atoms with Gasteiger partial charge in [-0.05, 0) is 35.2 Å². The van der Waals surface area contributed by atoms with Gasteiger partial charge in [0.15, 0.2) is 0 Å². The number of nitrogen functional groups attached to an aromatic ring is 1. The summed E-state index contributed by atoms with van der Waals surface area (Å²) in [5.41, 5.74) is 10.2. The Kier molecular flexibility index (Phi) is 4.00. The molecule has 3 heteroatoms. The summed E-state index contributed by atoms with van der Waals surface area (Å²) in [6.45, 7) is 1.94. The van der Waals surface area contributed by atoms with E-state index < -0.39 is 0 Å². The van der Waals surface area contributed by atoms with E-state index in [4.69, 9.17) is 15.2 Å². The third-order valence-corrected chi connectivity index (χ3v) is 3.61. The van der Waals surface area contributed by atoms with Crippen LogP contribution in [0.2, 0.25) is 0 Å². The third-order valence-electron chi connectivity index (χ3n) is 3.61. The Hall–Kier alpha value is -1.84. The molecule has 104 valence electrons. The quantitative estimate of drug-likeness (QED) is 0.867. The molecule has 0 amide bonds. The van der Waals surface area contributed by atoms with Crippen molar-refractivity contribution in [3.63, 3.8) is 0 Å². The van der Waals surface area contributed by atoms with E-state index in [1.165, 1.54) is 11.1 Å². The predicted molar refractivity (Wildman–Crippen MR) is 79.3 cm³/mol. The molecule has 0 bridgehead atoms. The van der Waals surface area contributed by atoms with Crippen LogP contribution in [0.15, 0.2) is 48.5 Å². The largest absolute Gasteiger partial charge is 0.399 e. The summed E-state index contributed by atoms with van der Waals surface area (Å²) in [6.07, 6.45) is 1.04. The van der Waals surface area contributed by atoms with Crippen molar-refractivity contribution in [2.75, 3.05) is 18.9 Å². The van der Waals surface area contributed by atoms with E-state index in [0.29, 0.717) is 13.2 Å². The van der Waals surface area contributed by atoms with Gasteiger partial charge in [-0.1, -0.05) is 36.4 Å². The van der Waals surface area contributed by atoms with E-state index in [1.807, 2.05) is 24.3 Å². The Morgan fingerprint density at radius 1 is 1.10 bits per heavy atom. The van der Waals surface area contributed by atoms with Gasteiger partial charge >= 0.3 is 0 Å². The van der Waals surface area contributed by atoms with Crippen molar-refractivity contribution in [2.45, 2.75) is 19.1 Å². The molecule has 0 fully saturated rings. The molecule has 0 aliphatic carbocycles. The molecule has 1 aliphatic heterocycles. The lowest BCUT2D eigenvalue weighted by Crippen LogP contribution is -2.20. The normalized spacial score (nSPS) is 17.7. The molecule has 0 saturated heterocycles. The van der Waals surface area contributed by atoms with Crippen LogP contribution in [0.4, 0.5) is 5.69 Å². The van der Waals surface area contributed by atoms with Crippen LogP contribution in [0.25, 0.3) is 0 Å². The number of rotatable bonds is 4. The van der Waals surface area contributed by atoms with Crippen LogP contribution < -0.4 is 5.73 Å². The topological polar surface area (TPSA) is 44.5 Å². The number of anilines is 1. The van der Waals surface area contributed by atoms with Crippen molar-refractivity contribution in [1.82, 2.24) is 0 Å². The van der Waals surface area contributed by atoms with Crippen molar-refractivity contribution in [3.05, 3.63) is 65.2 Å². The second-order valence-corrected chi connectivity index (χ2v) is 5.06. The highest BCUT2D eigenvalue weighted by Gasteiger charge is 2.20. The van der Waals surface area contributed by atoms with Crippen LogP contribution in [0.5, 0.6) is 0 Å². The van der Waals surface area contributed by atoms with Gasteiger partial charge in [0.2, 0.25) is 0 Å². The molecule has 1 unspecified atom stereocenters. The van der Waals surface area contributed by atoms with Gasteiger partial charge in [0.25, 0.3) is 0 Å². The molecule has 0 aromatic heterocycles. The van der Waals surface area contributed by atoms with Crippen LogP contribution in [0.3, 0.4) is 0 Å². The molecular formula is C17H19NO2. The first-order chi connectivity index (χ1) is 9.83. The van der Waals surface area contributed by atoms with Gasteiger partial charge in [-0.15, -0.1) is 0 Å². The summed E-state index contributed by atoms with van der Waals surface area (Å²) in [4.78, 5) is 0. The fourth-order valence-corrected chi connectivity index (χ4v) is 2.51. The number of benzene rings is 2. The fraction of sp³-hybridized carbons (Fsp3) is 0.294. The van der Waals surface area contributed by atoms with Crippen LogP contribution in [-0.2, 0) is 22.5 Å². The van der Waals surface area contributed by atoms with Gasteiger partial charge in [0, 0.05) is 5.69 Å². The molecule has 2 N–H and O–H groups in total. The van der Waals surface area contributed by atoms with Crippen LogP contribution in [0, 0.1) is 0 Å². The average molecular weight is 269 g/mol. The number of ether oxygens (including phenoxy) is 2. The maximum atomic E-state index is 5.82. The second kappa shape index (κ2) is 6.07. The Morgan fingerprint density at radius 2 is 1.90 bits per heavy atom. The van der Waals surface area contributed by atoms with E-state index in [9.17, 15) is 0 Å². The highest BCUT2D eigenvalue weighted by atomic mass is 16.5. The van der Waals surface area contributed by atoms with Crippen molar-refractivity contribution in [1.29, 1.82) is 0 Å². The molecule has 0 spiro atoms. The number of hydrogen-bond acceptors (Lipinski definition) is 3. The summed E-state index contributed by atoms with van der Waals surface area (Å²) in [6, 6.07) is 16.2. The first-order valence-corrected chi connectivity index (χ1v) is 6.94. The number of fused-ring (bicyclic) bond motifs is 1. The fourth-order valence-electron chi connectivity index (χ4n) is 2.51. The lowest BCUT2D eigenvalue weighted by atomic mass is 9.98. The molecule has 3 rings (SSSR count). The van der Waals surface area contributed by atoms with Gasteiger partial charge in [-0.3, -0.25) is 0 Å². The summed E-state index contributed by atoms with van der Waals surface area (Å²) < 4.78 is 11.6. The first-order valence-electron chi connectivity index (χ1n) is 6.94. The zero-order valence-corrected chi connectivity index (χ0v) is 11.4. The lowest BCUT2D eigenvalue weighted by Gasteiger charge is -2.25. The van der Waals surface area contributed by atoms with E-state index in [2.05, 4.69) is 24.3 Å². The molecule has 0 saturated carbocycles. The zero-order valence-electron chi connectivity index (χ0n) is 11.4. The van der Waals surface area contributed by atoms with Gasteiger partial charge < -0.3 is 15.2 Å². The van der Waals surface area contributed by atoms with E-state index >= 15 is 0 Å². The standard InChI is InChI=1S/C17H19NO2/c18-15-7-5-13(6-8-15)11-19-12-17-16-4-2-1-3-14(16)9-10-20-17/h1-8,17H,9-12,18H2. The first kappa shape index (κ1) is 13.2. The summed E-state index contributed by atoms with van der Waals surface area (Å²) in [5, 5.41) is 0. The molecule has 1 atom stereocenters. The summed E-state index contributed by atoms with van der Waals surface area (Å²) in [5.74, 6) is 0. The van der Waals surface area contributed by atoms with Crippen LogP contribution in [-0.4, -0.2) is 13.2 Å². The van der Waals surface area contributed by atoms with Crippen LogP contribution >= 0.6 is 0 Å². The molecule has 2 aromatic carbocycles. The lowest BCUT2D eigenvalue weighted by molar-refractivity contribution is -0.0299. The van der Waals surface area contributed by atoms with E-state index in [0.717, 1.165) is 24.3 Å². The van der Waals surface area contributed by atoms with Gasteiger partial charge in [0.05, 0.1) is 19.8 Å². The smallest absolute Gasteiger partial charge is 0.106 e. The highest BCUT2D eigenvalue weighted by molar-refractivity contribution is 5.39. The van der Waals surface area contributed by atoms with Crippen molar-refractivity contribution in [3.8, 4) is 0 Å². The third kappa shape index (κ3) is 3.00. The summed E-state index contributed by atoms with van der Waals surface area (Å²) in [7, 11) is 0. The molecule has 0 radical (unpaired) electrons. The number of nitrogens with two attached hydrogens (primary N) is 1. The van der Waals surface area contributed by atoms with Gasteiger partial charge in [0.1, 0.15) is 6.10 Å². The molecule has 1 heterocycles. The SMILES string of the molecule is Nc1ccc(COCC2OCCc3ccccc32)cc1. The predicted octanol–water partition coefficient (Wildman–Crippen LogP) is 3.10. The minimum Gasteiger partial charge on any atom is -0.399 e. The Labute approximate surface area is 119 Å². The Bertz CT molecular complexity index is 565. The second-order valence-electron chi connectivity index (χ2n) is 5.06. The molecule has 20 heavy (non-hydrogen) atoms. The molecule has 1 aliphatic rings. The summed E-state index contributed by atoms with van der Waals surface area (Å²) >= 11 is 0. The van der Waals surface area contributed by atoms with Gasteiger partial charge in [-0.2, -0.15) is 0 Å². The molecule has 3 nitrogen and oxygen atoms in total. The minimum atomic E-state index is 0.0498. The molecule has 2 aromatic rings. The monoisotopic (exact) mass is 269 g/mol. The van der Waals surface area contributed by atoms with Crippen molar-refractivity contribution < 1.29 is 9.47 Å². The zero-order chi connectivity index (χ0) is 13.8. The van der Waals surface area contributed by atoms with E-state index in [-0.39, 0.29) is 6.10 Å². The average Bonchev–Trinajstić information content (AvgIpc) is 2.49. The Morgan fingerprint density at radius 3 is 2.75 bits per heavy atom. The molecular weight excluding hydrogens is 250 g/mol. The van der Waals surface area contributed by atoms with E-state index in [1.54, 1.807) is 0 Å². The van der Waals surface area contributed by atoms with Gasteiger partial charge in [-0.25, -0.2) is 0 Å². The maximum absolute atomic E-state index is 5.82. The highest BCUT2D eigenvalue weighted by Crippen LogP contribution is 2.27. The minimum absolute atomic E-state index is 0.0498. The van der Waals surface area contributed by atoms with Crippen molar-refractivity contribution >= 4 is 5.69 Å². The van der Waals surface area contributed by atoms with Crippen molar-refractivity contribution in [2.24, 2.45) is 0 Å².